The number of amides is 1. The lowest BCUT2D eigenvalue weighted by Gasteiger charge is -2.15. The van der Waals surface area contributed by atoms with Gasteiger partial charge in [-0.3, -0.25) is 4.79 Å². The molecule has 1 aromatic rings. The van der Waals surface area contributed by atoms with E-state index < -0.39 is 0 Å². The van der Waals surface area contributed by atoms with Gasteiger partial charge in [0.2, 0.25) is 5.91 Å². The first-order chi connectivity index (χ1) is 10.6. The highest BCUT2D eigenvalue weighted by atomic mass is 16.5. The van der Waals surface area contributed by atoms with Crippen LogP contribution in [0.2, 0.25) is 0 Å². The van der Waals surface area contributed by atoms with E-state index in [4.69, 9.17) is 4.74 Å². The second kappa shape index (κ2) is 5.63. The maximum absolute atomic E-state index is 12.3. The lowest BCUT2D eigenvalue weighted by atomic mass is 9.90. The molecule has 5 heteroatoms. The summed E-state index contributed by atoms with van der Waals surface area (Å²) in [5.41, 5.74) is 3.61. The summed E-state index contributed by atoms with van der Waals surface area (Å²) in [7, 11) is 1.49. The molecule has 2 aliphatic carbocycles. The molecular formula is C17H22N2O3. The normalized spacial score (nSPS) is 29.9. The van der Waals surface area contributed by atoms with Crippen LogP contribution in [-0.4, -0.2) is 24.3 Å². The Hall–Kier alpha value is -2.04. The van der Waals surface area contributed by atoms with Gasteiger partial charge in [0.25, 0.3) is 0 Å². The number of hydrazone groups is 1. The van der Waals surface area contributed by atoms with Gasteiger partial charge in [0.05, 0.1) is 13.3 Å². The molecule has 118 valence electrons. The van der Waals surface area contributed by atoms with Crippen molar-refractivity contribution in [2.75, 3.05) is 7.11 Å². The Morgan fingerprint density at radius 2 is 2.32 bits per heavy atom. The molecule has 0 heterocycles. The number of rotatable bonds is 4. The predicted molar refractivity (Wildman–Crippen MR) is 84.0 cm³/mol. The standard InChI is InChI=1S/C17H22N2O3/c1-17-8-4-3-5-12(17)15(17)16(21)19-18-10-11-6-7-13(20)14(9-11)22-2/h6-7,9-10,12,15,20H,3-5,8H2,1-2H3,(H,19,21)/b18-10+/t12-,15+,17+/m0/s1. The molecule has 0 aromatic heterocycles. The highest BCUT2D eigenvalue weighted by molar-refractivity contribution is 5.86. The molecular weight excluding hydrogens is 280 g/mol. The molecule has 0 unspecified atom stereocenters. The summed E-state index contributed by atoms with van der Waals surface area (Å²) in [5, 5.41) is 13.6. The van der Waals surface area contributed by atoms with Gasteiger partial charge in [-0.2, -0.15) is 5.10 Å². The van der Waals surface area contributed by atoms with Crippen LogP contribution in [0.4, 0.5) is 0 Å². The minimum Gasteiger partial charge on any atom is -0.504 e. The van der Waals surface area contributed by atoms with E-state index in [1.54, 1.807) is 24.4 Å². The number of phenolic OH excluding ortho intramolecular Hbond substituents is 1. The molecule has 2 N–H and O–H groups in total. The third kappa shape index (κ3) is 2.56. The van der Waals surface area contributed by atoms with E-state index in [1.807, 2.05) is 0 Å². The second-order valence-electron chi connectivity index (χ2n) is 6.50. The summed E-state index contributed by atoms with van der Waals surface area (Å²) in [4.78, 5) is 12.3. The number of carbonyl (C=O) groups excluding carboxylic acids is 1. The van der Waals surface area contributed by atoms with Gasteiger partial charge in [-0.1, -0.05) is 19.8 Å². The van der Waals surface area contributed by atoms with Crippen LogP contribution in [0.3, 0.4) is 0 Å². The number of fused-ring (bicyclic) bond motifs is 1. The SMILES string of the molecule is COc1cc(/C=N/NC(=O)[C@H]2[C@@H]3CCCC[C@]32C)ccc1O. The Morgan fingerprint density at radius 1 is 1.50 bits per heavy atom. The maximum Gasteiger partial charge on any atom is 0.244 e. The largest absolute Gasteiger partial charge is 0.504 e. The maximum atomic E-state index is 12.3. The lowest BCUT2D eigenvalue weighted by molar-refractivity contribution is -0.123. The van der Waals surface area contributed by atoms with E-state index in [0.717, 1.165) is 18.4 Å². The molecule has 0 bridgehead atoms. The Bertz CT molecular complexity index is 614. The van der Waals surface area contributed by atoms with Crippen LogP contribution in [0.15, 0.2) is 23.3 Å². The van der Waals surface area contributed by atoms with Crippen molar-refractivity contribution in [1.82, 2.24) is 5.43 Å². The minimum atomic E-state index is 0.0244. The first kappa shape index (κ1) is 14.9. The van der Waals surface area contributed by atoms with Gasteiger partial charge in [-0.15, -0.1) is 0 Å². The fraction of sp³-hybridized carbons (Fsp3) is 0.529. The van der Waals surface area contributed by atoms with Gasteiger partial charge < -0.3 is 9.84 Å². The van der Waals surface area contributed by atoms with E-state index in [0.29, 0.717) is 11.7 Å². The molecule has 0 spiro atoms. The fourth-order valence-corrected chi connectivity index (χ4v) is 3.86. The van der Waals surface area contributed by atoms with Crippen molar-refractivity contribution in [2.24, 2.45) is 22.4 Å². The van der Waals surface area contributed by atoms with Crippen LogP contribution in [0, 0.1) is 17.3 Å². The van der Waals surface area contributed by atoms with Crippen molar-refractivity contribution in [3.8, 4) is 11.5 Å². The first-order valence-electron chi connectivity index (χ1n) is 7.76. The number of carbonyl (C=O) groups is 1. The third-order valence-electron chi connectivity index (χ3n) is 5.21. The Balaban J connectivity index is 1.59. The fourth-order valence-electron chi connectivity index (χ4n) is 3.86. The van der Waals surface area contributed by atoms with Crippen LogP contribution < -0.4 is 10.2 Å². The molecule has 0 radical (unpaired) electrons. The van der Waals surface area contributed by atoms with Gasteiger partial charge >= 0.3 is 0 Å². The zero-order valence-electron chi connectivity index (χ0n) is 13.0. The van der Waals surface area contributed by atoms with E-state index in [2.05, 4.69) is 17.5 Å². The summed E-state index contributed by atoms with van der Waals surface area (Å²) in [5.74, 6) is 1.14. The van der Waals surface area contributed by atoms with Crippen molar-refractivity contribution >= 4 is 12.1 Å². The molecule has 2 saturated carbocycles. The van der Waals surface area contributed by atoms with Crippen LogP contribution in [0.1, 0.15) is 38.2 Å². The Labute approximate surface area is 130 Å². The molecule has 3 rings (SSSR count). The summed E-state index contributed by atoms with van der Waals surface area (Å²) in [6.45, 7) is 2.22. The number of aromatic hydroxyl groups is 1. The predicted octanol–water partition coefficient (Wildman–Crippen LogP) is 2.68. The number of hydrogen-bond donors (Lipinski definition) is 2. The average molecular weight is 302 g/mol. The molecule has 1 aromatic carbocycles. The van der Waals surface area contributed by atoms with Crippen molar-refractivity contribution < 1.29 is 14.6 Å². The Kier molecular flexibility index (Phi) is 3.81. The number of hydrogen-bond acceptors (Lipinski definition) is 4. The minimum absolute atomic E-state index is 0.0244. The number of nitrogens with zero attached hydrogens (tertiary/aromatic N) is 1. The second-order valence-corrected chi connectivity index (χ2v) is 6.50. The average Bonchev–Trinajstić information content (AvgIpc) is 3.14. The van der Waals surface area contributed by atoms with E-state index in [-0.39, 0.29) is 23.0 Å². The van der Waals surface area contributed by atoms with E-state index in [9.17, 15) is 9.90 Å². The van der Waals surface area contributed by atoms with Gasteiger partial charge in [0.15, 0.2) is 11.5 Å². The highest BCUT2D eigenvalue weighted by Crippen LogP contribution is 2.66. The summed E-state index contributed by atoms with van der Waals surface area (Å²) < 4.78 is 5.04. The monoisotopic (exact) mass is 302 g/mol. The zero-order valence-corrected chi connectivity index (χ0v) is 13.0. The molecule has 2 fully saturated rings. The van der Waals surface area contributed by atoms with E-state index in [1.165, 1.54) is 20.0 Å². The molecule has 22 heavy (non-hydrogen) atoms. The topological polar surface area (TPSA) is 70.9 Å². The molecule has 3 atom stereocenters. The number of benzene rings is 1. The van der Waals surface area contributed by atoms with Gasteiger partial charge in [0, 0.05) is 5.92 Å². The molecule has 2 aliphatic rings. The van der Waals surface area contributed by atoms with Crippen LogP contribution in [-0.2, 0) is 4.79 Å². The number of methoxy groups -OCH3 is 1. The number of nitrogens with one attached hydrogen (secondary N) is 1. The number of phenols is 1. The van der Waals surface area contributed by atoms with E-state index >= 15 is 0 Å². The summed E-state index contributed by atoms with van der Waals surface area (Å²) >= 11 is 0. The zero-order chi connectivity index (χ0) is 15.7. The third-order valence-corrected chi connectivity index (χ3v) is 5.21. The van der Waals surface area contributed by atoms with Crippen molar-refractivity contribution in [1.29, 1.82) is 0 Å². The van der Waals surface area contributed by atoms with Gasteiger partial charge in [-0.25, -0.2) is 5.43 Å². The smallest absolute Gasteiger partial charge is 0.244 e. The first-order valence-corrected chi connectivity index (χ1v) is 7.76. The van der Waals surface area contributed by atoms with Crippen molar-refractivity contribution in [3.63, 3.8) is 0 Å². The van der Waals surface area contributed by atoms with Crippen molar-refractivity contribution in [3.05, 3.63) is 23.8 Å². The molecule has 0 saturated heterocycles. The molecule has 5 nitrogen and oxygen atoms in total. The lowest BCUT2D eigenvalue weighted by Crippen LogP contribution is -2.22. The molecule has 0 aliphatic heterocycles. The highest BCUT2D eigenvalue weighted by Gasteiger charge is 2.64. The van der Waals surface area contributed by atoms with Crippen LogP contribution in [0.5, 0.6) is 11.5 Å². The van der Waals surface area contributed by atoms with Crippen LogP contribution in [0.25, 0.3) is 0 Å². The summed E-state index contributed by atoms with van der Waals surface area (Å²) in [6.07, 6.45) is 6.34. The Morgan fingerprint density at radius 3 is 3.00 bits per heavy atom. The van der Waals surface area contributed by atoms with Gasteiger partial charge in [0.1, 0.15) is 0 Å². The van der Waals surface area contributed by atoms with Gasteiger partial charge in [-0.05, 0) is 47.9 Å². The summed E-state index contributed by atoms with van der Waals surface area (Å²) in [6, 6.07) is 4.92. The quantitative estimate of drug-likeness (QED) is 0.663. The number of ether oxygens (including phenoxy) is 1. The van der Waals surface area contributed by atoms with Crippen molar-refractivity contribution in [2.45, 2.75) is 32.6 Å². The molecule has 1 amide bonds. The van der Waals surface area contributed by atoms with Crippen LogP contribution >= 0.6 is 0 Å².